The Hall–Kier alpha value is -3.81. The van der Waals surface area contributed by atoms with Crippen molar-refractivity contribution in [1.29, 1.82) is 0 Å². The molecule has 0 spiro atoms. The van der Waals surface area contributed by atoms with Crippen molar-refractivity contribution < 1.29 is 15.0 Å². The molecule has 5 aromatic rings. The van der Waals surface area contributed by atoms with E-state index in [1.165, 1.54) is 17.7 Å². The number of fused-ring (bicyclic) bond motifs is 2. The van der Waals surface area contributed by atoms with Gasteiger partial charge in [0.25, 0.3) is 0 Å². The van der Waals surface area contributed by atoms with Gasteiger partial charge >= 0.3 is 5.97 Å². The standard InChI is InChI=1S/C27H23N3O3S/c1-16(31)24-22(20-13-7-11-18-10-5-6-12-19(18)20)23-25(28-15-29-26(23)34-24)30-21(27(32)33)14-17-8-3-2-4-9-17/h2-13,15-16,21,31H,14H2,1H3,(H,32,33)(H,28,29,30)/t16?,21-/m1/s1. The molecule has 0 aliphatic rings. The van der Waals surface area contributed by atoms with E-state index in [-0.39, 0.29) is 0 Å². The fourth-order valence-electron chi connectivity index (χ4n) is 4.28. The molecular formula is C27H23N3O3S. The summed E-state index contributed by atoms with van der Waals surface area (Å²) in [7, 11) is 0. The lowest BCUT2D eigenvalue weighted by atomic mass is 9.95. The lowest BCUT2D eigenvalue weighted by molar-refractivity contribution is -0.137. The van der Waals surface area contributed by atoms with Crippen molar-refractivity contribution in [2.45, 2.75) is 25.5 Å². The molecule has 5 rings (SSSR count). The molecule has 0 saturated heterocycles. The number of hydrogen-bond donors (Lipinski definition) is 3. The predicted octanol–water partition coefficient (Wildman–Crippen LogP) is 5.67. The Morgan fingerprint density at radius 3 is 2.50 bits per heavy atom. The highest BCUT2D eigenvalue weighted by atomic mass is 32.1. The van der Waals surface area contributed by atoms with Crippen LogP contribution < -0.4 is 5.32 Å². The number of aliphatic hydroxyl groups excluding tert-OH is 1. The number of anilines is 1. The zero-order valence-corrected chi connectivity index (χ0v) is 19.3. The molecule has 0 fully saturated rings. The van der Waals surface area contributed by atoms with Crippen LogP contribution in [0.25, 0.3) is 32.1 Å². The minimum absolute atomic E-state index is 0.304. The minimum Gasteiger partial charge on any atom is -0.480 e. The lowest BCUT2D eigenvalue weighted by Crippen LogP contribution is -2.32. The van der Waals surface area contributed by atoms with E-state index in [1.54, 1.807) is 6.92 Å². The van der Waals surface area contributed by atoms with E-state index in [0.29, 0.717) is 17.1 Å². The van der Waals surface area contributed by atoms with Crippen LogP contribution in [0.5, 0.6) is 0 Å². The summed E-state index contributed by atoms with van der Waals surface area (Å²) in [6, 6.07) is 22.7. The summed E-state index contributed by atoms with van der Waals surface area (Å²) in [6.45, 7) is 1.73. The van der Waals surface area contributed by atoms with Gasteiger partial charge in [0.05, 0.1) is 11.5 Å². The van der Waals surface area contributed by atoms with Gasteiger partial charge in [-0.3, -0.25) is 0 Å². The summed E-state index contributed by atoms with van der Waals surface area (Å²) in [5.74, 6) is -0.521. The average molecular weight is 470 g/mol. The van der Waals surface area contributed by atoms with Gasteiger partial charge in [-0.2, -0.15) is 0 Å². The summed E-state index contributed by atoms with van der Waals surface area (Å²) in [5.41, 5.74) is 2.70. The van der Waals surface area contributed by atoms with Crippen LogP contribution in [0.1, 0.15) is 23.5 Å². The number of nitrogens with zero attached hydrogens (tertiary/aromatic N) is 2. The first-order chi connectivity index (χ1) is 16.5. The zero-order valence-electron chi connectivity index (χ0n) is 18.5. The second kappa shape index (κ2) is 9.21. The molecule has 34 heavy (non-hydrogen) atoms. The van der Waals surface area contributed by atoms with Gasteiger partial charge in [-0.15, -0.1) is 11.3 Å². The zero-order chi connectivity index (χ0) is 23.7. The van der Waals surface area contributed by atoms with Crippen molar-refractivity contribution in [2.24, 2.45) is 0 Å². The van der Waals surface area contributed by atoms with Crippen LogP contribution in [-0.4, -0.2) is 32.2 Å². The van der Waals surface area contributed by atoms with E-state index in [0.717, 1.165) is 37.7 Å². The van der Waals surface area contributed by atoms with E-state index in [1.807, 2.05) is 72.8 Å². The summed E-state index contributed by atoms with van der Waals surface area (Å²) < 4.78 is 0. The smallest absolute Gasteiger partial charge is 0.326 e. The van der Waals surface area contributed by atoms with Crippen molar-refractivity contribution in [3.63, 3.8) is 0 Å². The van der Waals surface area contributed by atoms with Crippen LogP contribution in [-0.2, 0) is 11.2 Å². The van der Waals surface area contributed by atoms with Crippen LogP contribution in [0.15, 0.2) is 79.1 Å². The third kappa shape index (κ3) is 4.11. The predicted molar refractivity (Wildman–Crippen MR) is 136 cm³/mol. The third-order valence-electron chi connectivity index (χ3n) is 5.85. The Kier molecular flexibility index (Phi) is 5.96. The van der Waals surface area contributed by atoms with Crippen molar-refractivity contribution in [3.05, 3.63) is 89.6 Å². The molecule has 0 saturated carbocycles. The highest BCUT2D eigenvalue weighted by Crippen LogP contribution is 2.45. The number of carbonyl (C=O) groups is 1. The third-order valence-corrected chi connectivity index (χ3v) is 7.11. The molecule has 0 radical (unpaired) electrons. The molecule has 0 aliphatic carbocycles. The summed E-state index contributed by atoms with van der Waals surface area (Å²) in [4.78, 5) is 22.5. The van der Waals surface area contributed by atoms with Crippen LogP contribution >= 0.6 is 11.3 Å². The number of thiophene rings is 1. The van der Waals surface area contributed by atoms with Gasteiger partial charge in [0, 0.05) is 16.9 Å². The van der Waals surface area contributed by atoms with Crippen LogP contribution in [0, 0.1) is 0 Å². The number of rotatable bonds is 7. The Bertz CT molecular complexity index is 1480. The molecule has 6 nitrogen and oxygen atoms in total. The van der Waals surface area contributed by atoms with Crippen LogP contribution in [0.3, 0.4) is 0 Å². The molecular weight excluding hydrogens is 446 g/mol. The maximum absolute atomic E-state index is 12.1. The number of carboxylic acid groups (broad SMARTS) is 1. The molecule has 1 unspecified atom stereocenters. The van der Waals surface area contributed by atoms with Gasteiger partial charge in [-0.25, -0.2) is 14.8 Å². The quantitative estimate of drug-likeness (QED) is 0.284. The molecule has 2 atom stereocenters. The maximum Gasteiger partial charge on any atom is 0.326 e. The fraction of sp³-hybridized carbons (Fsp3) is 0.148. The molecule has 2 heterocycles. The molecule has 7 heteroatoms. The van der Waals surface area contributed by atoms with Crippen molar-refractivity contribution >= 4 is 44.1 Å². The molecule has 3 aromatic carbocycles. The number of nitrogens with one attached hydrogen (secondary N) is 1. The largest absolute Gasteiger partial charge is 0.480 e. The van der Waals surface area contributed by atoms with Gasteiger partial charge < -0.3 is 15.5 Å². The number of hydrogen-bond acceptors (Lipinski definition) is 6. The van der Waals surface area contributed by atoms with E-state index in [9.17, 15) is 15.0 Å². The molecule has 170 valence electrons. The van der Waals surface area contributed by atoms with E-state index in [4.69, 9.17) is 0 Å². The van der Waals surface area contributed by atoms with Crippen molar-refractivity contribution in [3.8, 4) is 11.1 Å². The Morgan fingerprint density at radius 1 is 1.00 bits per heavy atom. The number of aliphatic hydroxyl groups is 1. The summed E-state index contributed by atoms with van der Waals surface area (Å²) >= 11 is 1.40. The topological polar surface area (TPSA) is 95.3 Å². The maximum atomic E-state index is 12.1. The van der Waals surface area contributed by atoms with Crippen molar-refractivity contribution in [2.75, 3.05) is 5.32 Å². The molecule has 0 amide bonds. The molecule has 0 aliphatic heterocycles. The number of aromatic nitrogens is 2. The van der Waals surface area contributed by atoms with Crippen LogP contribution in [0.4, 0.5) is 5.82 Å². The molecule has 0 bridgehead atoms. The second-order valence-electron chi connectivity index (χ2n) is 8.17. The van der Waals surface area contributed by atoms with Gasteiger partial charge in [-0.1, -0.05) is 72.8 Å². The van der Waals surface area contributed by atoms with Gasteiger partial charge in [-0.05, 0) is 28.8 Å². The monoisotopic (exact) mass is 469 g/mol. The Labute approximate surface area is 200 Å². The summed E-state index contributed by atoms with van der Waals surface area (Å²) in [5, 5.41) is 26.6. The Morgan fingerprint density at radius 2 is 1.74 bits per heavy atom. The number of aliphatic carboxylic acids is 1. The van der Waals surface area contributed by atoms with Crippen molar-refractivity contribution in [1.82, 2.24) is 9.97 Å². The first-order valence-corrected chi connectivity index (χ1v) is 11.8. The van der Waals surface area contributed by atoms with Crippen LogP contribution in [0.2, 0.25) is 0 Å². The Balaban J connectivity index is 1.69. The summed E-state index contributed by atoms with van der Waals surface area (Å²) in [6.07, 6.45) is 1.01. The fourth-order valence-corrected chi connectivity index (χ4v) is 5.37. The highest BCUT2D eigenvalue weighted by Gasteiger charge is 2.25. The first-order valence-electron chi connectivity index (χ1n) is 11.0. The van der Waals surface area contributed by atoms with Gasteiger partial charge in [0.1, 0.15) is 23.0 Å². The second-order valence-corrected chi connectivity index (χ2v) is 9.20. The van der Waals surface area contributed by atoms with E-state index >= 15 is 0 Å². The minimum atomic E-state index is -0.965. The average Bonchev–Trinajstić information content (AvgIpc) is 3.25. The number of carboxylic acids is 1. The molecule has 3 N–H and O–H groups in total. The lowest BCUT2D eigenvalue weighted by Gasteiger charge is -2.17. The normalized spacial score (nSPS) is 13.1. The van der Waals surface area contributed by atoms with E-state index in [2.05, 4.69) is 15.3 Å². The van der Waals surface area contributed by atoms with E-state index < -0.39 is 18.1 Å². The number of benzene rings is 3. The first kappa shape index (κ1) is 22.0. The van der Waals surface area contributed by atoms with Gasteiger partial charge in [0.2, 0.25) is 0 Å². The highest BCUT2D eigenvalue weighted by molar-refractivity contribution is 7.19. The van der Waals surface area contributed by atoms with Gasteiger partial charge in [0.15, 0.2) is 0 Å². The SMILES string of the molecule is CC(O)c1sc2ncnc(N[C@H](Cc3ccccc3)C(=O)O)c2c1-c1cccc2ccccc12. The molecule has 2 aromatic heterocycles.